The van der Waals surface area contributed by atoms with E-state index in [1.807, 2.05) is 0 Å². The van der Waals surface area contributed by atoms with Crippen LogP contribution in [0.15, 0.2) is 35.1 Å². The number of carbonyl (C=O) groups excluding carboxylic acids is 1. The molecule has 2 aromatic rings. The molecule has 0 N–H and O–H groups in total. The van der Waals surface area contributed by atoms with Crippen molar-refractivity contribution in [3.8, 4) is 0 Å². The second-order valence-electron chi connectivity index (χ2n) is 3.07. The van der Waals surface area contributed by atoms with Gasteiger partial charge in [0.25, 0.3) is 5.91 Å². The molecule has 3 nitrogen and oxygen atoms in total. The molecule has 0 spiro atoms. The summed E-state index contributed by atoms with van der Waals surface area (Å²) in [5, 5.41) is 3.73. The molecule has 82 valence electrons. The molecule has 1 aromatic carbocycles. The van der Waals surface area contributed by atoms with Gasteiger partial charge in [-0.3, -0.25) is 4.79 Å². The summed E-state index contributed by atoms with van der Waals surface area (Å²) in [6.07, 6.45) is 2.82. The van der Waals surface area contributed by atoms with Gasteiger partial charge in [-0.1, -0.05) is 0 Å². The Morgan fingerprint density at radius 2 is 1.88 bits per heavy atom. The third kappa shape index (κ3) is 2.16. The zero-order valence-corrected chi connectivity index (χ0v) is 9.41. The molecule has 0 atom stereocenters. The predicted molar refractivity (Wildman–Crippen MR) is 56.0 cm³/mol. The van der Waals surface area contributed by atoms with Gasteiger partial charge in [-0.15, -0.1) is 0 Å². The van der Waals surface area contributed by atoms with Crippen molar-refractivity contribution < 1.29 is 13.6 Å². The minimum absolute atomic E-state index is 0.0897. The van der Waals surface area contributed by atoms with Gasteiger partial charge in [0.2, 0.25) is 0 Å². The fourth-order valence-electron chi connectivity index (χ4n) is 1.22. The molecule has 0 aliphatic rings. The van der Waals surface area contributed by atoms with Crippen molar-refractivity contribution in [1.82, 2.24) is 9.78 Å². The highest BCUT2D eigenvalue weighted by atomic mass is 79.9. The number of benzene rings is 1. The first-order valence-electron chi connectivity index (χ1n) is 4.27. The molecule has 0 amide bonds. The normalized spacial score (nSPS) is 10.4. The van der Waals surface area contributed by atoms with Crippen molar-refractivity contribution >= 4 is 21.8 Å². The SMILES string of the molecule is O=C(c1cc(F)cc(F)c1)n1cc(Br)cn1. The third-order valence-electron chi connectivity index (χ3n) is 1.87. The third-order valence-corrected chi connectivity index (χ3v) is 2.28. The maximum atomic E-state index is 12.9. The van der Waals surface area contributed by atoms with Gasteiger partial charge < -0.3 is 0 Å². The molecular weight excluding hydrogens is 282 g/mol. The van der Waals surface area contributed by atoms with Crippen molar-refractivity contribution in [3.05, 3.63) is 52.3 Å². The van der Waals surface area contributed by atoms with E-state index in [9.17, 15) is 13.6 Å². The maximum Gasteiger partial charge on any atom is 0.278 e. The Morgan fingerprint density at radius 3 is 2.38 bits per heavy atom. The Labute approximate surface area is 97.8 Å². The van der Waals surface area contributed by atoms with Crippen LogP contribution in [0, 0.1) is 11.6 Å². The molecule has 0 radical (unpaired) electrons. The molecular formula is C10H5BrF2N2O. The lowest BCUT2D eigenvalue weighted by molar-refractivity contribution is 0.0944. The molecule has 0 bridgehead atoms. The van der Waals surface area contributed by atoms with Gasteiger partial charge >= 0.3 is 0 Å². The van der Waals surface area contributed by atoms with Gasteiger partial charge in [-0.25, -0.2) is 13.5 Å². The summed E-state index contributed by atoms with van der Waals surface area (Å²) in [5.74, 6) is -2.19. The van der Waals surface area contributed by atoms with Crippen molar-refractivity contribution in [3.63, 3.8) is 0 Å². The molecule has 1 heterocycles. The first-order chi connectivity index (χ1) is 7.56. The average Bonchev–Trinajstić information content (AvgIpc) is 2.62. The zero-order chi connectivity index (χ0) is 11.7. The fraction of sp³-hybridized carbons (Fsp3) is 0. The lowest BCUT2D eigenvalue weighted by atomic mass is 10.2. The maximum absolute atomic E-state index is 12.9. The van der Waals surface area contributed by atoms with E-state index in [4.69, 9.17) is 0 Å². The van der Waals surface area contributed by atoms with Crippen LogP contribution in [-0.2, 0) is 0 Å². The van der Waals surface area contributed by atoms with E-state index in [-0.39, 0.29) is 5.56 Å². The van der Waals surface area contributed by atoms with Crippen LogP contribution in [0.5, 0.6) is 0 Å². The highest BCUT2D eigenvalue weighted by molar-refractivity contribution is 9.10. The Kier molecular flexibility index (Phi) is 2.82. The van der Waals surface area contributed by atoms with Crippen LogP contribution in [0.1, 0.15) is 10.4 Å². The lowest BCUT2D eigenvalue weighted by Gasteiger charge is -2.00. The summed E-state index contributed by atoms with van der Waals surface area (Å²) >= 11 is 3.12. The van der Waals surface area contributed by atoms with Gasteiger partial charge in [0.15, 0.2) is 0 Å². The topological polar surface area (TPSA) is 34.9 Å². The monoisotopic (exact) mass is 286 g/mol. The number of nitrogens with zero attached hydrogens (tertiary/aromatic N) is 2. The summed E-state index contributed by atoms with van der Waals surface area (Å²) in [6, 6.07) is 2.62. The number of carbonyl (C=O) groups is 1. The smallest absolute Gasteiger partial charge is 0.267 e. The van der Waals surface area contributed by atoms with E-state index >= 15 is 0 Å². The van der Waals surface area contributed by atoms with E-state index < -0.39 is 17.5 Å². The molecule has 0 saturated carbocycles. The van der Waals surface area contributed by atoms with Crippen LogP contribution in [-0.4, -0.2) is 15.7 Å². The Hall–Kier alpha value is -1.56. The van der Waals surface area contributed by atoms with E-state index in [1.54, 1.807) is 0 Å². The summed E-state index contributed by atoms with van der Waals surface area (Å²) in [4.78, 5) is 11.7. The van der Waals surface area contributed by atoms with Gasteiger partial charge in [0.05, 0.1) is 10.7 Å². The van der Waals surface area contributed by atoms with Crippen LogP contribution >= 0.6 is 15.9 Å². The minimum Gasteiger partial charge on any atom is -0.267 e. The van der Waals surface area contributed by atoms with Crippen molar-refractivity contribution in [1.29, 1.82) is 0 Å². The first-order valence-corrected chi connectivity index (χ1v) is 5.06. The largest absolute Gasteiger partial charge is 0.278 e. The van der Waals surface area contributed by atoms with E-state index in [2.05, 4.69) is 21.0 Å². The second-order valence-corrected chi connectivity index (χ2v) is 3.98. The molecule has 0 saturated heterocycles. The van der Waals surface area contributed by atoms with Gasteiger partial charge in [0, 0.05) is 17.8 Å². The van der Waals surface area contributed by atoms with Crippen LogP contribution in [0.25, 0.3) is 0 Å². The Morgan fingerprint density at radius 1 is 1.25 bits per heavy atom. The lowest BCUT2D eigenvalue weighted by Crippen LogP contribution is -2.12. The number of hydrogen-bond donors (Lipinski definition) is 0. The molecule has 1 aromatic heterocycles. The summed E-state index contributed by atoms with van der Waals surface area (Å²) < 4.78 is 27.4. The van der Waals surface area contributed by atoms with Crippen molar-refractivity contribution in [2.24, 2.45) is 0 Å². The van der Waals surface area contributed by atoms with Crippen LogP contribution in [0.4, 0.5) is 8.78 Å². The van der Waals surface area contributed by atoms with E-state index in [0.29, 0.717) is 10.5 Å². The number of rotatable bonds is 1. The van der Waals surface area contributed by atoms with Gasteiger partial charge in [0.1, 0.15) is 11.6 Å². The van der Waals surface area contributed by atoms with E-state index in [0.717, 1.165) is 16.8 Å². The predicted octanol–water partition coefficient (Wildman–Crippen LogP) is 2.61. The fourth-order valence-corrected chi connectivity index (χ4v) is 1.51. The number of halogens is 3. The highest BCUT2D eigenvalue weighted by Crippen LogP contribution is 2.11. The molecule has 0 aliphatic heterocycles. The summed E-state index contributed by atoms with van der Waals surface area (Å²) in [6.45, 7) is 0. The standard InChI is InChI=1S/C10H5BrF2N2O/c11-7-4-14-15(5-7)10(16)6-1-8(12)3-9(13)2-6/h1-5H. The van der Waals surface area contributed by atoms with Crippen LogP contribution in [0.3, 0.4) is 0 Å². The Balaban J connectivity index is 2.41. The first kappa shape index (κ1) is 10.9. The molecule has 0 fully saturated rings. The van der Waals surface area contributed by atoms with Crippen LogP contribution in [0.2, 0.25) is 0 Å². The quantitative estimate of drug-likeness (QED) is 0.808. The summed E-state index contributed by atoms with van der Waals surface area (Å²) in [7, 11) is 0. The zero-order valence-electron chi connectivity index (χ0n) is 7.82. The highest BCUT2D eigenvalue weighted by Gasteiger charge is 2.12. The van der Waals surface area contributed by atoms with Crippen LogP contribution < -0.4 is 0 Å². The molecule has 0 unspecified atom stereocenters. The van der Waals surface area contributed by atoms with Crippen molar-refractivity contribution in [2.45, 2.75) is 0 Å². The molecule has 0 aliphatic carbocycles. The minimum atomic E-state index is -0.797. The Bertz CT molecular complexity index is 533. The van der Waals surface area contributed by atoms with Gasteiger partial charge in [-0.2, -0.15) is 5.10 Å². The molecule has 16 heavy (non-hydrogen) atoms. The van der Waals surface area contributed by atoms with Gasteiger partial charge in [-0.05, 0) is 28.1 Å². The van der Waals surface area contributed by atoms with Crippen molar-refractivity contribution in [2.75, 3.05) is 0 Å². The average molecular weight is 287 g/mol. The molecule has 6 heteroatoms. The second kappa shape index (κ2) is 4.13. The number of hydrogen-bond acceptors (Lipinski definition) is 2. The summed E-state index contributed by atoms with van der Waals surface area (Å²) in [5.41, 5.74) is -0.0897. The molecule has 2 rings (SSSR count). The number of aromatic nitrogens is 2. The van der Waals surface area contributed by atoms with E-state index in [1.165, 1.54) is 12.4 Å².